The van der Waals surface area contributed by atoms with Crippen molar-refractivity contribution < 1.29 is 14.3 Å². The molecule has 0 radical (unpaired) electrons. The van der Waals surface area contributed by atoms with Gasteiger partial charge in [-0.15, -0.1) is 0 Å². The van der Waals surface area contributed by atoms with Gasteiger partial charge < -0.3 is 15.0 Å². The van der Waals surface area contributed by atoms with Crippen LogP contribution in [-0.4, -0.2) is 34.2 Å². The largest absolute Gasteiger partial charge is 0.461 e. The zero-order chi connectivity index (χ0) is 15.9. The van der Waals surface area contributed by atoms with Crippen LogP contribution in [0, 0.1) is 0 Å². The Kier molecular flexibility index (Phi) is 5.85. The van der Waals surface area contributed by atoms with Crippen LogP contribution in [-0.2, 0) is 9.53 Å². The van der Waals surface area contributed by atoms with Gasteiger partial charge in [-0.05, 0) is 31.2 Å². The number of anilines is 1. The first-order valence-corrected chi connectivity index (χ1v) is 7.85. The highest BCUT2D eigenvalue weighted by atomic mass is 35.5. The quantitative estimate of drug-likeness (QED) is 0.624. The van der Waals surface area contributed by atoms with Gasteiger partial charge in [-0.25, -0.2) is 9.78 Å². The zero-order valence-corrected chi connectivity index (χ0v) is 13.3. The maximum atomic E-state index is 11.8. The molecular weight excluding hydrogens is 326 g/mol. The lowest BCUT2D eigenvalue weighted by Gasteiger charge is -2.04. The fraction of sp³-hybridized carbons (Fsp3) is 0.214. The van der Waals surface area contributed by atoms with Crippen LogP contribution in [0.2, 0.25) is 5.02 Å². The number of imidazole rings is 1. The van der Waals surface area contributed by atoms with Gasteiger partial charge in [0, 0.05) is 16.9 Å². The van der Waals surface area contributed by atoms with E-state index < -0.39 is 5.97 Å². The number of carbonyl (C=O) groups excluding carboxylic acids is 2. The second-order valence-corrected chi connectivity index (χ2v) is 5.56. The lowest BCUT2D eigenvalue weighted by molar-refractivity contribution is -0.113. The highest BCUT2D eigenvalue weighted by molar-refractivity contribution is 7.99. The van der Waals surface area contributed by atoms with Crippen LogP contribution >= 0.6 is 23.4 Å². The van der Waals surface area contributed by atoms with Crippen LogP contribution in [0.25, 0.3) is 0 Å². The van der Waals surface area contributed by atoms with Crippen molar-refractivity contribution in [3.8, 4) is 0 Å². The normalized spacial score (nSPS) is 10.3. The summed E-state index contributed by atoms with van der Waals surface area (Å²) in [4.78, 5) is 30.2. The van der Waals surface area contributed by atoms with Gasteiger partial charge in [0.05, 0.1) is 12.4 Å². The summed E-state index contributed by atoms with van der Waals surface area (Å²) in [5, 5.41) is 3.82. The molecule has 2 N–H and O–H groups in total. The van der Waals surface area contributed by atoms with Gasteiger partial charge in [-0.3, -0.25) is 4.79 Å². The number of aromatic amines is 1. The number of ether oxygens (including phenoxy) is 1. The van der Waals surface area contributed by atoms with Crippen molar-refractivity contribution in [2.24, 2.45) is 0 Å². The van der Waals surface area contributed by atoms with Crippen LogP contribution in [0.3, 0.4) is 0 Å². The van der Waals surface area contributed by atoms with Crippen molar-refractivity contribution in [1.82, 2.24) is 9.97 Å². The molecule has 8 heteroatoms. The predicted molar refractivity (Wildman–Crippen MR) is 85.3 cm³/mol. The minimum absolute atomic E-state index is 0.165. The molecule has 0 aliphatic heterocycles. The molecule has 1 amide bonds. The average molecular weight is 340 g/mol. The molecule has 22 heavy (non-hydrogen) atoms. The number of thioether (sulfide) groups is 1. The number of hydrogen-bond donors (Lipinski definition) is 2. The highest BCUT2D eigenvalue weighted by Crippen LogP contribution is 2.16. The van der Waals surface area contributed by atoms with Crippen molar-refractivity contribution in [2.75, 3.05) is 17.7 Å². The highest BCUT2D eigenvalue weighted by Gasteiger charge is 2.12. The second kappa shape index (κ2) is 7.86. The summed E-state index contributed by atoms with van der Waals surface area (Å²) in [5.41, 5.74) is 0.865. The maximum absolute atomic E-state index is 11.8. The summed E-state index contributed by atoms with van der Waals surface area (Å²) < 4.78 is 4.83. The van der Waals surface area contributed by atoms with E-state index in [9.17, 15) is 9.59 Å². The van der Waals surface area contributed by atoms with Crippen molar-refractivity contribution in [1.29, 1.82) is 0 Å². The summed E-state index contributed by atoms with van der Waals surface area (Å²) in [5.74, 6) is -0.504. The third-order valence-corrected chi connectivity index (χ3v) is 3.65. The molecule has 6 nitrogen and oxygen atoms in total. The van der Waals surface area contributed by atoms with Gasteiger partial charge in [-0.1, -0.05) is 23.4 Å². The molecule has 116 valence electrons. The molecular formula is C14H14ClN3O3S. The number of amides is 1. The number of esters is 1. The molecule has 2 rings (SSSR count). The van der Waals surface area contributed by atoms with Crippen LogP contribution in [0.15, 0.2) is 35.6 Å². The van der Waals surface area contributed by atoms with E-state index in [2.05, 4.69) is 15.3 Å². The molecule has 0 spiro atoms. The Morgan fingerprint density at radius 1 is 1.36 bits per heavy atom. The zero-order valence-electron chi connectivity index (χ0n) is 11.8. The van der Waals surface area contributed by atoms with E-state index in [0.717, 1.165) is 0 Å². The number of halogens is 1. The van der Waals surface area contributed by atoms with Gasteiger partial charge in [0.25, 0.3) is 0 Å². The Balaban J connectivity index is 1.83. The van der Waals surface area contributed by atoms with Crippen LogP contribution in [0.5, 0.6) is 0 Å². The van der Waals surface area contributed by atoms with Gasteiger partial charge in [-0.2, -0.15) is 0 Å². The number of nitrogens with one attached hydrogen (secondary N) is 2. The molecule has 1 heterocycles. The molecule has 1 aromatic heterocycles. The minimum Gasteiger partial charge on any atom is -0.461 e. The van der Waals surface area contributed by atoms with Crippen LogP contribution in [0.4, 0.5) is 5.69 Å². The summed E-state index contributed by atoms with van der Waals surface area (Å²) in [6.45, 7) is 2.01. The van der Waals surface area contributed by atoms with E-state index in [-0.39, 0.29) is 24.0 Å². The van der Waals surface area contributed by atoms with E-state index in [0.29, 0.717) is 15.9 Å². The Morgan fingerprint density at radius 3 is 2.77 bits per heavy atom. The Bertz CT molecular complexity index is 658. The van der Waals surface area contributed by atoms with E-state index in [4.69, 9.17) is 16.3 Å². The van der Waals surface area contributed by atoms with Crippen molar-refractivity contribution in [3.05, 3.63) is 41.2 Å². The van der Waals surface area contributed by atoms with E-state index in [1.807, 2.05) is 0 Å². The van der Waals surface area contributed by atoms with Gasteiger partial charge in [0.2, 0.25) is 5.91 Å². The van der Waals surface area contributed by atoms with Crippen molar-refractivity contribution >= 4 is 40.9 Å². The summed E-state index contributed by atoms with van der Waals surface area (Å²) in [6, 6.07) is 6.83. The summed E-state index contributed by atoms with van der Waals surface area (Å²) in [6.07, 6.45) is 1.46. The average Bonchev–Trinajstić information content (AvgIpc) is 2.97. The fourth-order valence-electron chi connectivity index (χ4n) is 1.55. The molecule has 0 aliphatic carbocycles. The molecule has 1 aromatic carbocycles. The molecule has 0 bridgehead atoms. The first-order valence-electron chi connectivity index (χ1n) is 6.49. The number of benzene rings is 1. The van der Waals surface area contributed by atoms with Crippen LogP contribution in [0.1, 0.15) is 17.4 Å². The van der Waals surface area contributed by atoms with Gasteiger partial charge in [0.1, 0.15) is 0 Å². The third kappa shape index (κ3) is 4.78. The molecule has 0 saturated carbocycles. The number of rotatable bonds is 6. The van der Waals surface area contributed by atoms with Gasteiger partial charge >= 0.3 is 5.97 Å². The van der Waals surface area contributed by atoms with Crippen molar-refractivity contribution in [2.45, 2.75) is 12.1 Å². The van der Waals surface area contributed by atoms with Crippen molar-refractivity contribution in [3.63, 3.8) is 0 Å². The lowest BCUT2D eigenvalue weighted by Crippen LogP contribution is -2.14. The monoisotopic (exact) mass is 339 g/mol. The second-order valence-electron chi connectivity index (χ2n) is 4.16. The number of aromatic nitrogens is 2. The van der Waals surface area contributed by atoms with E-state index >= 15 is 0 Å². The first-order chi connectivity index (χ1) is 10.6. The first kappa shape index (κ1) is 16.4. The molecule has 0 unspecified atom stereocenters. The molecule has 0 saturated heterocycles. The Morgan fingerprint density at radius 2 is 2.09 bits per heavy atom. The minimum atomic E-state index is -0.490. The van der Waals surface area contributed by atoms with Gasteiger partial charge in [0.15, 0.2) is 10.9 Å². The fourth-order valence-corrected chi connectivity index (χ4v) is 2.32. The molecule has 0 atom stereocenters. The number of hydrogen-bond acceptors (Lipinski definition) is 5. The summed E-state index contributed by atoms with van der Waals surface area (Å²) >= 11 is 6.97. The molecule has 0 aliphatic rings. The molecule has 2 aromatic rings. The number of nitrogens with zero attached hydrogens (tertiary/aromatic N) is 1. The Labute approximate surface area is 136 Å². The van der Waals surface area contributed by atoms with E-state index in [1.165, 1.54) is 18.0 Å². The number of H-pyrrole nitrogens is 1. The molecule has 0 fully saturated rings. The SMILES string of the molecule is CCOC(=O)c1c[nH]c(SCC(=O)Nc2ccc(Cl)cc2)n1. The lowest BCUT2D eigenvalue weighted by atomic mass is 10.3. The smallest absolute Gasteiger partial charge is 0.358 e. The standard InChI is InChI=1S/C14H14ClN3O3S/c1-2-21-13(20)11-7-16-14(18-11)22-8-12(19)17-10-5-3-9(15)4-6-10/h3-7H,2,8H2,1H3,(H,16,18)(H,17,19). The Hall–Kier alpha value is -1.99. The van der Waals surface area contributed by atoms with Crippen LogP contribution < -0.4 is 5.32 Å². The predicted octanol–water partition coefficient (Wildman–Crippen LogP) is 2.97. The topological polar surface area (TPSA) is 84.1 Å². The maximum Gasteiger partial charge on any atom is 0.358 e. The summed E-state index contributed by atoms with van der Waals surface area (Å²) in [7, 11) is 0. The number of carbonyl (C=O) groups is 2. The van der Waals surface area contributed by atoms with E-state index in [1.54, 1.807) is 31.2 Å². The third-order valence-electron chi connectivity index (χ3n) is 2.51.